The molecule has 0 saturated carbocycles. The van der Waals surface area contributed by atoms with E-state index >= 15 is 0 Å². The molecule has 2 amide bonds. The molecule has 51 heavy (non-hydrogen) atoms. The van der Waals surface area contributed by atoms with Crippen molar-refractivity contribution in [2.45, 2.75) is 104 Å². The summed E-state index contributed by atoms with van der Waals surface area (Å²) in [5.74, 6) is 0.262. The highest BCUT2D eigenvalue weighted by molar-refractivity contribution is 7.44. The Morgan fingerprint density at radius 1 is 0.922 bits per heavy atom. The highest BCUT2D eigenvalue weighted by atomic mass is 31.2. The summed E-state index contributed by atoms with van der Waals surface area (Å²) >= 11 is 0. The molecule has 1 unspecified atom stereocenters. The van der Waals surface area contributed by atoms with E-state index in [4.69, 9.17) is 17.0 Å². The molecule has 4 aromatic carbocycles. The molecule has 1 atom stereocenters. The summed E-state index contributed by atoms with van der Waals surface area (Å²) in [6.45, 7) is 18.8. The number of hydrogen-bond donors (Lipinski definition) is 1. The Bertz CT molecular complexity index is 1780. The van der Waals surface area contributed by atoms with Gasteiger partial charge in [-0.25, -0.2) is 11.2 Å². The number of likely N-dealkylation sites (tertiary alicyclic amines) is 1. The molecule has 0 spiro atoms. The Morgan fingerprint density at radius 2 is 1.61 bits per heavy atom. The van der Waals surface area contributed by atoms with Crippen LogP contribution in [-0.4, -0.2) is 72.9 Å². The lowest BCUT2D eigenvalue weighted by molar-refractivity contribution is -0.134. The molecule has 1 aliphatic rings. The van der Waals surface area contributed by atoms with E-state index in [9.17, 15) is 9.59 Å². The van der Waals surface area contributed by atoms with E-state index in [-0.39, 0.29) is 36.2 Å². The summed E-state index contributed by atoms with van der Waals surface area (Å²) in [6, 6.07) is 20.2. The number of piperidine rings is 1. The van der Waals surface area contributed by atoms with Crippen molar-refractivity contribution in [2.75, 3.05) is 39.4 Å². The lowest BCUT2D eigenvalue weighted by atomic mass is 9.81. The van der Waals surface area contributed by atoms with Gasteiger partial charge in [-0.3, -0.25) is 9.59 Å². The molecule has 0 aliphatic carbocycles. The lowest BCUT2D eigenvalue weighted by Gasteiger charge is -2.41. The first-order chi connectivity index (χ1) is 25.2. The zero-order valence-corrected chi connectivity index (χ0v) is 32.0. The van der Waals surface area contributed by atoms with Crippen LogP contribution >= 0.6 is 8.53 Å². The number of amides is 2. The molecule has 1 heterocycles. The Morgan fingerprint density at radius 3 is 2.29 bits per heavy atom. The normalized spacial score (nSPS) is 15.6. The molecule has 8 nitrogen and oxygen atoms in total. The van der Waals surface area contributed by atoms with Gasteiger partial charge in [-0.2, -0.15) is 0 Å². The number of carbonyl (C=O) groups is 2. The van der Waals surface area contributed by atoms with Crippen LogP contribution < -0.4 is 5.32 Å². The van der Waals surface area contributed by atoms with Crippen LogP contribution in [0.25, 0.3) is 37.2 Å². The van der Waals surface area contributed by atoms with Gasteiger partial charge in [0, 0.05) is 45.9 Å². The van der Waals surface area contributed by atoms with Gasteiger partial charge in [0.2, 0.25) is 18.4 Å². The fourth-order valence-electron chi connectivity index (χ4n) is 7.38. The third kappa shape index (κ3) is 10.2. The van der Waals surface area contributed by atoms with Crippen LogP contribution in [0.3, 0.4) is 0 Å². The van der Waals surface area contributed by atoms with E-state index < -0.39 is 8.53 Å². The van der Waals surface area contributed by atoms with Gasteiger partial charge in [0.1, 0.15) is 6.61 Å². The number of unbranched alkanes of at least 4 members (excludes halogenated alkanes) is 2. The van der Waals surface area contributed by atoms with Gasteiger partial charge in [0.25, 0.3) is 8.53 Å². The van der Waals surface area contributed by atoms with Crippen LogP contribution in [0, 0.1) is 12.0 Å². The zero-order chi connectivity index (χ0) is 37.1. The van der Waals surface area contributed by atoms with E-state index in [0.717, 1.165) is 44.9 Å². The first-order valence-corrected chi connectivity index (χ1v) is 20.0. The second-order valence-electron chi connectivity index (χ2n) is 14.8. The average Bonchev–Trinajstić information content (AvgIpc) is 3.14. The molecule has 4 aromatic rings. The first kappa shape index (κ1) is 37.4. The van der Waals surface area contributed by atoms with Crippen molar-refractivity contribution in [3.63, 3.8) is 0 Å². The molecule has 274 valence electrons. The van der Waals surface area contributed by atoms with E-state index in [2.05, 4.69) is 97.1 Å². The van der Waals surface area contributed by atoms with Gasteiger partial charge in [-0.05, 0) is 110 Å². The molecular weight excluding hydrogens is 655 g/mol. The largest absolute Gasteiger partial charge is 0.356 e. The van der Waals surface area contributed by atoms with Crippen LogP contribution in [0.2, 0.25) is 0 Å². The number of carbonyl (C=O) groups excluding carboxylic acids is 2. The highest BCUT2D eigenvalue weighted by Gasteiger charge is 2.35. The van der Waals surface area contributed by atoms with Gasteiger partial charge in [0.15, 0.2) is 0 Å². The number of nitrogens with zero attached hydrogens (tertiary/aromatic N) is 3. The SMILES string of the molecule is [2H]CC1(COP(OCC[N+]#[C-])N(C(C)C)C(C)C)CCN(C(=O)CCCCCNC(=O)CCCc2ccc3ccc4cccc5ccc2c3c45)CC1. The summed E-state index contributed by atoms with van der Waals surface area (Å²) in [4.78, 5) is 31.0. The molecule has 1 aliphatic heterocycles. The average molecular weight is 714 g/mol. The third-order valence-corrected chi connectivity index (χ3v) is 12.2. The van der Waals surface area contributed by atoms with Crippen LogP contribution in [0.4, 0.5) is 0 Å². The van der Waals surface area contributed by atoms with Gasteiger partial charge >= 0.3 is 0 Å². The molecule has 0 radical (unpaired) electrons. The Kier molecular flexibility index (Phi) is 13.5. The van der Waals surface area contributed by atoms with Crippen molar-refractivity contribution in [2.24, 2.45) is 5.41 Å². The van der Waals surface area contributed by atoms with Gasteiger partial charge in [-0.15, -0.1) is 0 Å². The Hall–Kier alpha value is -3.34. The van der Waals surface area contributed by atoms with Crippen molar-refractivity contribution in [3.8, 4) is 0 Å². The maximum absolute atomic E-state index is 13.0. The van der Waals surface area contributed by atoms with E-state index in [1.54, 1.807) is 0 Å². The summed E-state index contributed by atoms with van der Waals surface area (Å²) in [6.07, 6.45) is 6.72. The zero-order valence-electron chi connectivity index (χ0n) is 32.1. The minimum Gasteiger partial charge on any atom is -0.356 e. The topological polar surface area (TPSA) is 75.5 Å². The van der Waals surface area contributed by atoms with E-state index in [1.807, 2.05) is 4.90 Å². The molecule has 1 N–H and O–H groups in total. The smallest absolute Gasteiger partial charge is 0.259 e. The molecular formula is C42H57N4O4P. The third-order valence-electron chi connectivity index (χ3n) is 10.2. The molecule has 9 heteroatoms. The predicted molar refractivity (Wildman–Crippen MR) is 211 cm³/mol. The fourth-order valence-corrected chi connectivity index (χ4v) is 9.10. The Labute approximate surface area is 307 Å². The number of nitrogens with one attached hydrogen (secondary N) is 1. The van der Waals surface area contributed by atoms with Gasteiger partial charge in [-0.1, -0.05) is 67.9 Å². The van der Waals surface area contributed by atoms with Crippen LogP contribution in [0.15, 0.2) is 54.6 Å². The standard InChI is InChI=1S/C42H57N4O4P/c1-31(2)46(32(3)4)51(49-29-26-43-6)50-30-42(5)23-27-45(28-24-42)39(48)16-8-7-9-25-44-38(47)15-11-12-33-17-18-36-20-19-34-13-10-14-35-21-22-37(33)41(36)40(34)35/h10,13-14,17-22,31-32H,7-9,11-12,15-16,23-30H2,1-5H3,(H,44,47)/i5D. The number of rotatable bonds is 19. The second-order valence-corrected chi connectivity index (χ2v) is 16.2. The van der Waals surface area contributed by atoms with Crippen molar-refractivity contribution < 1.29 is 20.0 Å². The summed E-state index contributed by atoms with van der Waals surface area (Å²) in [5, 5.41) is 10.8. The van der Waals surface area contributed by atoms with E-state index in [1.165, 1.54) is 37.9 Å². The second kappa shape index (κ2) is 18.4. The molecule has 0 aromatic heterocycles. The Balaban J connectivity index is 0.976. The number of benzene rings is 4. The van der Waals surface area contributed by atoms with Crippen molar-refractivity contribution >= 4 is 52.7 Å². The fraction of sp³-hybridized carbons (Fsp3) is 0.548. The van der Waals surface area contributed by atoms with Gasteiger partial charge in [0.05, 0.1) is 6.61 Å². The highest BCUT2D eigenvalue weighted by Crippen LogP contribution is 2.48. The lowest BCUT2D eigenvalue weighted by Crippen LogP contribution is -2.44. The minimum atomic E-state index is -1.34. The predicted octanol–water partition coefficient (Wildman–Crippen LogP) is 9.51. The monoisotopic (exact) mass is 713 g/mol. The first-order valence-electron chi connectivity index (χ1n) is 19.5. The molecule has 5 rings (SSSR count). The number of aryl methyl sites for hydroxylation is 1. The van der Waals surface area contributed by atoms with Crippen LogP contribution in [0.5, 0.6) is 0 Å². The summed E-state index contributed by atoms with van der Waals surface area (Å²) in [5.41, 5.74) is 0.990. The maximum Gasteiger partial charge on any atom is 0.259 e. The van der Waals surface area contributed by atoms with Crippen molar-refractivity contribution in [3.05, 3.63) is 71.6 Å². The molecule has 1 fully saturated rings. The van der Waals surface area contributed by atoms with Crippen LogP contribution in [0.1, 0.15) is 92.9 Å². The quantitative estimate of drug-likeness (QED) is 0.0454. The summed E-state index contributed by atoms with van der Waals surface area (Å²) in [7, 11) is -1.34. The van der Waals surface area contributed by atoms with Crippen molar-refractivity contribution in [1.29, 1.82) is 0 Å². The van der Waals surface area contributed by atoms with Gasteiger partial charge < -0.3 is 24.1 Å². The maximum atomic E-state index is 13.0. The van der Waals surface area contributed by atoms with Crippen LogP contribution in [-0.2, 0) is 25.1 Å². The number of hydrogen-bond acceptors (Lipinski definition) is 5. The molecule has 1 saturated heterocycles. The van der Waals surface area contributed by atoms with Crippen molar-refractivity contribution in [1.82, 2.24) is 14.9 Å². The summed E-state index contributed by atoms with van der Waals surface area (Å²) < 4.78 is 23.0. The minimum absolute atomic E-state index is 0.0904. The molecule has 0 bridgehead atoms. The van der Waals surface area contributed by atoms with E-state index in [0.29, 0.717) is 52.2 Å².